The Morgan fingerprint density at radius 3 is 2.65 bits per heavy atom. The van der Waals surface area contributed by atoms with Gasteiger partial charge in [0.05, 0.1) is 29.3 Å². The van der Waals surface area contributed by atoms with Crippen LogP contribution in [0.3, 0.4) is 0 Å². The average molecular weight is 320 g/mol. The molecule has 0 radical (unpaired) electrons. The number of H-pyrrole nitrogens is 1. The second-order valence-electron chi connectivity index (χ2n) is 4.89. The molecule has 7 heteroatoms. The van der Waals surface area contributed by atoms with Gasteiger partial charge in [-0.15, -0.1) is 0 Å². The number of carbonyl (C=O) groups excluding carboxylic acids is 1. The molecule has 0 spiro atoms. The maximum atomic E-state index is 12.7. The van der Waals surface area contributed by atoms with Crippen LogP contribution in [-0.2, 0) is 10.9 Å². The SMILES string of the molecule is COC(=O)c1cccc(-c2nc3ccc(C(F)(F)F)cc3[nH]2)c1. The largest absolute Gasteiger partial charge is 0.465 e. The van der Waals surface area contributed by atoms with E-state index >= 15 is 0 Å². The van der Waals surface area contributed by atoms with Crippen molar-refractivity contribution in [2.45, 2.75) is 6.18 Å². The zero-order chi connectivity index (χ0) is 16.6. The molecule has 1 heterocycles. The third-order valence-electron chi connectivity index (χ3n) is 3.37. The van der Waals surface area contributed by atoms with E-state index in [9.17, 15) is 18.0 Å². The molecule has 0 fully saturated rings. The van der Waals surface area contributed by atoms with E-state index in [-0.39, 0.29) is 5.52 Å². The summed E-state index contributed by atoms with van der Waals surface area (Å²) >= 11 is 0. The number of methoxy groups -OCH3 is 1. The molecule has 23 heavy (non-hydrogen) atoms. The Morgan fingerprint density at radius 2 is 1.96 bits per heavy atom. The molecule has 0 bridgehead atoms. The van der Waals surface area contributed by atoms with Crippen LogP contribution >= 0.6 is 0 Å². The number of carbonyl (C=O) groups is 1. The van der Waals surface area contributed by atoms with Gasteiger partial charge in [0, 0.05) is 5.56 Å². The molecule has 0 saturated heterocycles. The van der Waals surface area contributed by atoms with Crippen molar-refractivity contribution >= 4 is 17.0 Å². The molecule has 4 nitrogen and oxygen atoms in total. The summed E-state index contributed by atoms with van der Waals surface area (Å²) in [6, 6.07) is 9.80. The number of benzene rings is 2. The fourth-order valence-electron chi connectivity index (χ4n) is 2.23. The Bertz CT molecular complexity index is 884. The number of aromatic nitrogens is 2. The predicted octanol–water partition coefficient (Wildman–Crippen LogP) is 4.04. The molecule has 0 aliphatic rings. The molecule has 1 N–H and O–H groups in total. The van der Waals surface area contributed by atoms with Crippen molar-refractivity contribution in [3.05, 3.63) is 53.6 Å². The quantitative estimate of drug-likeness (QED) is 0.725. The number of fused-ring (bicyclic) bond motifs is 1. The molecule has 0 aliphatic heterocycles. The minimum Gasteiger partial charge on any atom is -0.465 e. The standard InChI is InChI=1S/C16H11F3N2O2/c1-23-15(22)10-4-2-3-9(7-10)14-20-12-6-5-11(16(17,18)19)8-13(12)21-14/h2-8H,1H3,(H,20,21). The van der Waals surface area contributed by atoms with Gasteiger partial charge in [0.15, 0.2) is 0 Å². The van der Waals surface area contributed by atoms with Crippen LogP contribution in [0.25, 0.3) is 22.4 Å². The van der Waals surface area contributed by atoms with Crippen LogP contribution < -0.4 is 0 Å². The first-order chi connectivity index (χ1) is 10.9. The number of imidazole rings is 1. The zero-order valence-corrected chi connectivity index (χ0v) is 11.9. The first kappa shape index (κ1) is 15.1. The summed E-state index contributed by atoms with van der Waals surface area (Å²) in [6.45, 7) is 0. The number of aromatic amines is 1. The van der Waals surface area contributed by atoms with Crippen LogP contribution in [0, 0.1) is 0 Å². The lowest BCUT2D eigenvalue weighted by Crippen LogP contribution is -2.04. The molecule has 1 aromatic heterocycles. The first-order valence-corrected chi connectivity index (χ1v) is 6.64. The van der Waals surface area contributed by atoms with E-state index in [0.29, 0.717) is 22.5 Å². The zero-order valence-electron chi connectivity index (χ0n) is 11.9. The number of hydrogen-bond acceptors (Lipinski definition) is 3. The van der Waals surface area contributed by atoms with E-state index in [1.54, 1.807) is 24.3 Å². The van der Waals surface area contributed by atoms with Crippen LogP contribution in [-0.4, -0.2) is 23.0 Å². The molecule has 3 rings (SSSR count). The number of nitrogens with one attached hydrogen (secondary N) is 1. The van der Waals surface area contributed by atoms with E-state index in [1.807, 2.05) is 0 Å². The fourth-order valence-corrected chi connectivity index (χ4v) is 2.23. The second-order valence-corrected chi connectivity index (χ2v) is 4.89. The molecule has 0 saturated carbocycles. The van der Waals surface area contributed by atoms with Crippen LogP contribution in [0.15, 0.2) is 42.5 Å². The first-order valence-electron chi connectivity index (χ1n) is 6.64. The highest BCUT2D eigenvalue weighted by atomic mass is 19.4. The Hall–Kier alpha value is -2.83. The van der Waals surface area contributed by atoms with E-state index < -0.39 is 17.7 Å². The fraction of sp³-hybridized carbons (Fsp3) is 0.125. The van der Waals surface area contributed by atoms with E-state index in [0.717, 1.165) is 12.1 Å². The van der Waals surface area contributed by atoms with Crippen molar-refractivity contribution in [1.82, 2.24) is 9.97 Å². The maximum absolute atomic E-state index is 12.7. The van der Waals surface area contributed by atoms with Crippen molar-refractivity contribution in [3.8, 4) is 11.4 Å². The summed E-state index contributed by atoms with van der Waals surface area (Å²) < 4.78 is 42.9. The third-order valence-corrected chi connectivity index (χ3v) is 3.37. The molecule has 2 aromatic carbocycles. The van der Waals surface area contributed by atoms with Crippen molar-refractivity contribution < 1.29 is 22.7 Å². The average Bonchev–Trinajstić information content (AvgIpc) is 2.96. The minimum absolute atomic E-state index is 0.276. The summed E-state index contributed by atoms with van der Waals surface area (Å²) in [5.41, 5.74) is 0.859. The van der Waals surface area contributed by atoms with Gasteiger partial charge < -0.3 is 9.72 Å². The topological polar surface area (TPSA) is 55.0 Å². The Morgan fingerprint density at radius 1 is 1.17 bits per heavy atom. The van der Waals surface area contributed by atoms with Crippen molar-refractivity contribution in [2.24, 2.45) is 0 Å². The van der Waals surface area contributed by atoms with Gasteiger partial charge in [0.25, 0.3) is 0 Å². The maximum Gasteiger partial charge on any atom is 0.416 e. The number of nitrogens with zero attached hydrogens (tertiary/aromatic N) is 1. The smallest absolute Gasteiger partial charge is 0.416 e. The monoisotopic (exact) mass is 320 g/mol. The van der Waals surface area contributed by atoms with E-state index in [4.69, 9.17) is 0 Å². The second kappa shape index (κ2) is 5.42. The van der Waals surface area contributed by atoms with E-state index in [2.05, 4.69) is 14.7 Å². The van der Waals surface area contributed by atoms with Crippen LogP contribution in [0.2, 0.25) is 0 Å². The predicted molar refractivity (Wildman–Crippen MR) is 77.9 cm³/mol. The molecule has 0 amide bonds. The highest BCUT2D eigenvalue weighted by molar-refractivity contribution is 5.91. The summed E-state index contributed by atoms with van der Waals surface area (Å²) in [6.07, 6.45) is -4.41. The molecular formula is C16H11F3N2O2. The van der Waals surface area contributed by atoms with Crippen molar-refractivity contribution in [3.63, 3.8) is 0 Å². The Labute approximate surface area is 128 Å². The molecule has 118 valence electrons. The van der Waals surface area contributed by atoms with Gasteiger partial charge >= 0.3 is 12.1 Å². The summed E-state index contributed by atoms with van der Waals surface area (Å²) in [4.78, 5) is 18.6. The number of ether oxygens (including phenoxy) is 1. The van der Waals surface area contributed by atoms with Gasteiger partial charge in [-0.05, 0) is 30.3 Å². The Kier molecular flexibility index (Phi) is 3.55. The van der Waals surface area contributed by atoms with Crippen molar-refractivity contribution in [2.75, 3.05) is 7.11 Å². The highest BCUT2D eigenvalue weighted by Gasteiger charge is 2.30. The van der Waals surface area contributed by atoms with E-state index in [1.165, 1.54) is 13.2 Å². The normalized spacial score (nSPS) is 11.7. The Balaban J connectivity index is 2.05. The number of esters is 1. The third kappa shape index (κ3) is 2.90. The number of hydrogen-bond donors (Lipinski definition) is 1. The van der Waals surface area contributed by atoms with Gasteiger partial charge in [0.1, 0.15) is 5.82 Å². The number of rotatable bonds is 2. The summed E-state index contributed by atoms with van der Waals surface area (Å²) in [5, 5.41) is 0. The van der Waals surface area contributed by atoms with Gasteiger partial charge in [-0.1, -0.05) is 12.1 Å². The number of alkyl halides is 3. The summed E-state index contributed by atoms with van der Waals surface area (Å²) in [7, 11) is 1.27. The number of halogens is 3. The van der Waals surface area contributed by atoms with Crippen LogP contribution in [0.1, 0.15) is 15.9 Å². The van der Waals surface area contributed by atoms with Crippen molar-refractivity contribution in [1.29, 1.82) is 0 Å². The molecule has 0 unspecified atom stereocenters. The molecule has 3 aromatic rings. The van der Waals surface area contributed by atoms with Gasteiger partial charge in [-0.3, -0.25) is 0 Å². The lowest BCUT2D eigenvalue weighted by Gasteiger charge is -2.05. The minimum atomic E-state index is -4.41. The lowest BCUT2D eigenvalue weighted by molar-refractivity contribution is -0.137. The van der Waals surface area contributed by atoms with Crippen LogP contribution in [0.4, 0.5) is 13.2 Å². The lowest BCUT2D eigenvalue weighted by atomic mass is 10.1. The molecular weight excluding hydrogens is 309 g/mol. The van der Waals surface area contributed by atoms with Gasteiger partial charge in [-0.25, -0.2) is 9.78 Å². The van der Waals surface area contributed by atoms with Crippen LogP contribution in [0.5, 0.6) is 0 Å². The molecule has 0 aliphatic carbocycles. The van der Waals surface area contributed by atoms with Gasteiger partial charge in [0.2, 0.25) is 0 Å². The summed E-state index contributed by atoms with van der Waals surface area (Å²) in [5.74, 6) is -0.118. The van der Waals surface area contributed by atoms with Gasteiger partial charge in [-0.2, -0.15) is 13.2 Å². The highest BCUT2D eigenvalue weighted by Crippen LogP contribution is 2.31. The molecule has 0 atom stereocenters.